The number of aromatic nitrogens is 1. The van der Waals surface area contributed by atoms with Gasteiger partial charge in [-0.3, -0.25) is 9.88 Å². The average molecular weight is 266 g/mol. The Hall–Kier alpha value is -2.22. The second kappa shape index (κ2) is 6.80. The summed E-state index contributed by atoms with van der Waals surface area (Å²) < 4.78 is 0. The quantitative estimate of drug-likeness (QED) is 0.900. The predicted octanol–water partition coefficient (Wildman–Crippen LogP) is 2.09. The van der Waals surface area contributed by atoms with Crippen LogP contribution in [0.3, 0.4) is 0 Å². The number of benzene rings is 1. The van der Waals surface area contributed by atoms with Crippen molar-refractivity contribution in [3.63, 3.8) is 0 Å². The lowest BCUT2D eigenvalue weighted by Gasteiger charge is -2.27. The molecule has 4 nitrogen and oxygen atoms in total. The van der Waals surface area contributed by atoms with Crippen LogP contribution in [-0.4, -0.2) is 23.5 Å². The molecule has 1 heterocycles. The fourth-order valence-electron chi connectivity index (χ4n) is 2.28. The van der Waals surface area contributed by atoms with E-state index in [-0.39, 0.29) is 6.04 Å². The van der Waals surface area contributed by atoms with Crippen molar-refractivity contribution in [3.8, 4) is 6.07 Å². The third-order valence-electron chi connectivity index (χ3n) is 3.31. The number of hydrogen-bond acceptors (Lipinski definition) is 4. The molecule has 0 bridgehead atoms. The van der Waals surface area contributed by atoms with E-state index in [0.29, 0.717) is 12.1 Å². The van der Waals surface area contributed by atoms with E-state index in [1.807, 2.05) is 49.6 Å². The van der Waals surface area contributed by atoms with Crippen molar-refractivity contribution in [3.05, 3.63) is 65.5 Å². The highest BCUT2D eigenvalue weighted by molar-refractivity contribution is 5.32. The SMILES string of the molecule is CN(Cc1cccc(C#N)c1)C(CN)c1cccnc1. The molecule has 0 spiro atoms. The number of rotatable bonds is 5. The van der Waals surface area contributed by atoms with Gasteiger partial charge in [-0.25, -0.2) is 0 Å². The molecule has 0 amide bonds. The topological polar surface area (TPSA) is 65.9 Å². The van der Waals surface area contributed by atoms with Gasteiger partial charge in [0.05, 0.1) is 11.6 Å². The molecule has 0 saturated carbocycles. The van der Waals surface area contributed by atoms with Crippen LogP contribution in [0.1, 0.15) is 22.7 Å². The summed E-state index contributed by atoms with van der Waals surface area (Å²) in [7, 11) is 2.03. The van der Waals surface area contributed by atoms with Gasteiger partial charge in [-0.15, -0.1) is 0 Å². The van der Waals surface area contributed by atoms with E-state index >= 15 is 0 Å². The van der Waals surface area contributed by atoms with Gasteiger partial charge in [-0.1, -0.05) is 18.2 Å². The highest BCUT2D eigenvalue weighted by Gasteiger charge is 2.15. The fraction of sp³-hybridized carbons (Fsp3) is 0.250. The molecule has 4 heteroatoms. The monoisotopic (exact) mass is 266 g/mol. The van der Waals surface area contributed by atoms with E-state index in [2.05, 4.69) is 16.0 Å². The van der Waals surface area contributed by atoms with Gasteiger partial charge in [0.25, 0.3) is 0 Å². The van der Waals surface area contributed by atoms with Gasteiger partial charge in [0.2, 0.25) is 0 Å². The van der Waals surface area contributed by atoms with Gasteiger partial charge in [0.15, 0.2) is 0 Å². The Morgan fingerprint density at radius 3 is 2.85 bits per heavy atom. The Kier molecular flexibility index (Phi) is 4.83. The van der Waals surface area contributed by atoms with Gasteiger partial charge in [0, 0.05) is 31.5 Å². The number of pyridine rings is 1. The smallest absolute Gasteiger partial charge is 0.0991 e. The standard InChI is InChI=1S/C16H18N4/c1-20(12-14-5-2-4-13(8-14)9-17)16(10-18)15-6-3-7-19-11-15/h2-8,11,16H,10,12,18H2,1H3. The first-order valence-electron chi connectivity index (χ1n) is 6.54. The molecule has 0 aliphatic rings. The van der Waals surface area contributed by atoms with Gasteiger partial charge in [0.1, 0.15) is 0 Å². The molecule has 0 saturated heterocycles. The van der Waals surface area contributed by atoms with Crippen LogP contribution in [0.5, 0.6) is 0 Å². The first kappa shape index (κ1) is 14.2. The van der Waals surface area contributed by atoms with Crippen molar-refractivity contribution in [2.24, 2.45) is 5.73 Å². The molecular formula is C16H18N4. The van der Waals surface area contributed by atoms with Crippen molar-refractivity contribution in [1.29, 1.82) is 5.26 Å². The third-order valence-corrected chi connectivity index (χ3v) is 3.31. The first-order chi connectivity index (χ1) is 9.74. The van der Waals surface area contributed by atoms with Crippen molar-refractivity contribution in [1.82, 2.24) is 9.88 Å². The maximum Gasteiger partial charge on any atom is 0.0991 e. The summed E-state index contributed by atoms with van der Waals surface area (Å²) in [5, 5.41) is 8.94. The Balaban J connectivity index is 2.13. The van der Waals surface area contributed by atoms with E-state index in [1.54, 1.807) is 6.20 Å². The maximum absolute atomic E-state index is 8.94. The summed E-state index contributed by atoms with van der Waals surface area (Å²) in [6, 6.07) is 13.9. The zero-order valence-corrected chi connectivity index (χ0v) is 11.5. The van der Waals surface area contributed by atoms with Crippen LogP contribution in [0.4, 0.5) is 0 Å². The minimum atomic E-state index is 0.120. The summed E-state index contributed by atoms with van der Waals surface area (Å²) in [5.41, 5.74) is 8.79. The minimum Gasteiger partial charge on any atom is -0.329 e. The first-order valence-corrected chi connectivity index (χ1v) is 6.54. The number of likely N-dealkylation sites (N-methyl/N-ethyl adjacent to an activating group) is 1. The lowest BCUT2D eigenvalue weighted by Crippen LogP contribution is -2.30. The fourth-order valence-corrected chi connectivity index (χ4v) is 2.28. The summed E-state index contributed by atoms with van der Waals surface area (Å²) in [4.78, 5) is 6.32. The summed E-state index contributed by atoms with van der Waals surface area (Å²) in [6.45, 7) is 1.27. The molecule has 2 N–H and O–H groups in total. The number of nitrogens with two attached hydrogens (primary N) is 1. The molecule has 1 unspecified atom stereocenters. The van der Waals surface area contributed by atoms with Crippen molar-refractivity contribution >= 4 is 0 Å². The van der Waals surface area contributed by atoms with Gasteiger partial charge in [-0.2, -0.15) is 5.26 Å². The van der Waals surface area contributed by atoms with Crippen molar-refractivity contribution < 1.29 is 0 Å². The second-order valence-corrected chi connectivity index (χ2v) is 4.77. The van der Waals surface area contributed by atoms with Gasteiger partial charge in [-0.05, 0) is 36.4 Å². The molecule has 102 valence electrons. The van der Waals surface area contributed by atoms with Crippen LogP contribution in [0.2, 0.25) is 0 Å². The van der Waals surface area contributed by atoms with Gasteiger partial charge >= 0.3 is 0 Å². The van der Waals surface area contributed by atoms with Crippen LogP contribution in [-0.2, 0) is 6.54 Å². The van der Waals surface area contributed by atoms with Crippen LogP contribution in [0.25, 0.3) is 0 Å². The lowest BCUT2D eigenvalue weighted by atomic mass is 10.1. The molecule has 2 aromatic rings. The highest BCUT2D eigenvalue weighted by atomic mass is 15.1. The molecule has 2 rings (SSSR count). The molecule has 0 radical (unpaired) electrons. The van der Waals surface area contributed by atoms with Crippen molar-refractivity contribution in [2.45, 2.75) is 12.6 Å². The van der Waals surface area contributed by atoms with Crippen LogP contribution < -0.4 is 5.73 Å². The van der Waals surface area contributed by atoms with E-state index in [9.17, 15) is 0 Å². The van der Waals surface area contributed by atoms with Crippen molar-refractivity contribution in [2.75, 3.05) is 13.6 Å². The molecule has 0 aliphatic carbocycles. The molecular weight excluding hydrogens is 248 g/mol. The van der Waals surface area contributed by atoms with E-state index in [1.165, 1.54) is 0 Å². The van der Waals surface area contributed by atoms with Crippen LogP contribution in [0.15, 0.2) is 48.8 Å². The average Bonchev–Trinajstić information content (AvgIpc) is 2.49. The number of nitriles is 1. The second-order valence-electron chi connectivity index (χ2n) is 4.77. The molecule has 1 aromatic carbocycles. The van der Waals surface area contributed by atoms with Crippen LogP contribution in [0, 0.1) is 11.3 Å². The normalized spacial score (nSPS) is 12.1. The van der Waals surface area contributed by atoms with Crippen LogP contribution >= 0.6 is 0 Å². The molecule has 0 fully saturated rings. The highest BCUT2D eigenvalue weighted by Crippen LogP contribution is 2.19. The molecule has 1 atom stereocenters. The van der Waals surface area contributed by atoms with E-state index in [0.717, 1.165) is 17.7 Å². The lowest BCUT2D eigenvalue weighted by molar-refractivity contribution is 0.241. The minimum absolute atomic E-state index is 0.120. The number of hydrogen-bond donors (Lipinski definition) is 1. The summed E-state index contributed by atoms with van der Waals surface area (Å²) in [5.74, 6) is 0. The Labute approximate surface area is 119 Å². The summed E-state index contributed by atoms with van der Waals surface area (Å²) >= 11 is 0. The van der Waals surface area contributed by atoms with Gasteiger partial charge < -0.3 is 5.73 Å². The van der Waals surface area contributed by atoms with E-state index in [4.69, 9.17) is 11.0 Å². The molecule has 20 heavy (non-hydrogen) atoms. The molecule has 1 aromatic heterocycles. The zero-order valence-electron chi connectivity index (χ0n) is 11.5. The predicted molar refractivity (Wildman–Crippen MR) is 78.7 cm³/mol. The third kappa shape index (κ3) is 3.41. The zero-order chi connectivity index (χ0) is 14.4. The molecule has 0 aliphatic heterocycles. The largest absolute Gasteiger partial charge is 0.329 e. The Bertz CT molecular complexity index is 589. The number of nitrogens with zero attached hydrogens (tertiary/aromatic N) is 3. The Morgan fingerprint density at radius 1 is 1.35 bits per heavy atom. The maximum atomic E-state index is 8.94. The van der Waals surface area contributed by atoms with E-state index < -0.39 is 0 Å². The Morgan fingerprint density at radius 2 is 2.20 bits per heavy atom. The summed E-state index contributed by atoms with van der Waals surface area (Å²) in [6.07, 6.45) is 3.60.